The molecule has 0 fully saturated rings. The quantitative estimate of drug-likeness (QED) is 0.214. The van der Waals surface area contributed by atoms with E-state index in [0.717, 1.165) is 6.42 Å². The molecule has 7 aromatic carbocycles. The van der Waals surface area contributed by atoms with Gasteiger partial charge in [-0.25, -0.2) is 0 Å². The van der Waals surface area contributed by atoms with E-state index >= 15 is 0 Å². The second-order valence-electron chi connectivity index (χ2n) is 10.5. The van der Waals surface area contributed by atoms with Crippen LogP contribution in [0.2, 0.25) is 0 Å². The molecule has 7 aromatic rings. The Hall–Kier alpha value is -4.94. The first kappa shape index (κ1) is 22.1. The largest absolute Gasteiger partial charge is 0.0622 e. The summed E-state index contributed by atoms with van der Waals surface area (Å²) in [6, 6.07) is 53.3. The average Bonchev–Trinajstić information content (AvgIpc) is 3.39. The lowest BCUT2D eigenvalue weighted by Gasteiger charge is -2.18. The molecule has 1 aliphatic carbocycles. The molecule has 182 valence electrons. The summed E-state index contributed by atoms with van der Waals surface area (Å²) in [6.07, 6.45) is 1.000. The summed E-state index contributed by atoms with van der Waals surface area (Å²) in [5.74, 6) is 0. The van der Waals surface area contributed by atoms with Gasteiger partial charge in [0.1, 0.15) is 0 Å². The summed E-state index contributed by atoms with van der Waals surface area (Å²) >= 11 is 0. The smallest absolute Gasteiger partial charge is 0.000729 e. The third-order valence-electron chi connectivity index (χ3n) is 8.33. The molecule has 0 unspecified atom stereocenters. The van der Waals surface area contributed by atoms with Crippen molar-refractivity contribution in [3.05, 3.63) is 157 Å². The van der Waals surface area contributed by atoms with Crippen molar-refractivity contribution >= 4 is 21.5 Å². The number of rotatable bonds is 3. The summed E-state index contributed by atoms with van der Waals surface area (Å²) in [5.41, 5.74) is 13.3. The number of benzene rings is 7. The van der Waals surface area contributed by atoms with Gasteiger partial charge in [0.25, 0.3) is 0 Å². The van der Waals surface area contributed by atoms with Crippen LogP contribution in [0.25, 0.3) is 66.1 Å². The van der Waals surface area contributed by atoms with Crippen LogP contribution in [-0.4, -0.2) is 0 Å². The number of fused-ring (bicyclic) bond motifs is 5. The highest BCUT2D eigenvalue weighted by Gasteiger charge is 2.21. The number of hydrogen-bond acceptors (Lipinski definition) is 0. The van der Waals surface area contributed by atoms with Gasteiger partial charge in [0.2, 0.25) is 0 Å². The average molecular weight is 495 g/mol. The van der Waals surface area contributed by atoms with Gasteiger partial charge in [-0.15, -0.1) is 0 Å². The first-order chi connectivity index (χ1) is 19.4. The molecular weight excluding hydrogens is 468 g/mol. The minimum atomic E-state index is 1.000. The third kappa shape index (κ3) is 3.46. The second kappa shape index (κ2) is 8.82. The molecule has 0 saturated heterocycles. The Morgan fingerprint density at radius 3 is 1.41 bits per heavy atom. The maximum Gasteiger partial charge on any atom is -0.000729 e. The van der Waals surface area contributed by atoms with Gasteiger partial charge in [-0.1, -0.05) is 146 Å². The van der Waals surface area contributed by atoms with E-state index in [-0.39, 0.29) is 0 Å². The second-order valence-corrected chi connectivity index (χ2v) is 10.5. The van der Waals surface area contributed by atoms with Crippen LogP contribution in [0, 0.1) is 0 Å². The molecule has 39 heavy (non-hydrogen) atoms. The lowest BCUT2D eigenvalue weighted by Crippen LogP contribution is -1.91. The third-order valence-corrected chi connectivity index (χ3v) is 8.33. The monoisotopic (exact) mass is 494 g/mol. The van der Waals surface area contributed by atoms with Crippen LogP contribution in [0.15, 0.2) is 146 Å². The fourth-order valence-electron chi connectivity index (χ4n) is 6.60. The van der Waals surface area contributed by atoms with E-state index in [1.165, 1.54) is 77.2 Å². The molecular formula is C39H26. The van der Waals surface area contributed by atoms with Crippen LogP contribution in [0.3, 0.4) is 0 Å². The summed E-state index contributed by atoms with van der Waals surface area (Å²) in [4.78, 5) is 0. The van der Waals surface area contributed by atoms with Crippen molar-refractivity contribution in [2.45, 2.75) is 6.42 Å². The highest BCUT2D eigenvalue weighted by molar-refractivity contribution is 6.21. The van der Waals surface area contributed by atoms with Crippen molar-refractivity contribution in [3.8, 4) is 44.5 Å². The van der Waals surface area contributed by atoms with Crippen molar-refractivity contribution < 1.29 is 0 Å². The topological polar surface area (TPSA) is 0 Å². The molecule has 0 heterocycles. The van der Waals surface area contributed by atoms with Gasteiger partial charge in [0, 0.05) is 0 Å². The van der Waals surface area contributed by atoms with E-state index in [1.807, 2.05) is 0 Å². The van der Waals surface area contributed by atoms with Crippen molar-refractivity contribution in [2.24, 2.45) is 0 Å². The first-order valence-corrected chi connectivity index (χ1v) is 13.7. The van der Waals surface area contributed by atoms with Crippen LogP contribution in [0.5, 0.6) is 0 Å². The van der Waals surface area contributed by atoms with Crippen LogP contribution >= 0.6 is 0 Å². The zero-order valence-electron chi connectivity index (χ0n) is 21.6. The Morgan fingerprint density at radius 2 is 0.769 bits per heavy atom. The van der Waals surface area contributed by atoms with Gasteiger partial charge in [0.05, 0.1) is 0 Å². The van der Waals surface area contributed by atoms with Gasteiger partial charge in [-0.3, -0.25) is 0 Å². The molecule has 1 aliphatic rings. The molecule has 0 spiro atoms. The van der Waals surface area contributed by atoms with E-state index in [4.69, 9.17) is 0 Å². The highest BCUT2D eigenvalue weighted by Crippen LogP contribution is 2.45. The van der Waals surface area contributed by atoms with E-state index in [0.29, 0.717) is 0 Å². The molecule has 0 N–H and O–H groups in total. The Kier molecular flexibility index (Phi) is 5.00. The van der Waals surface area contributed by atoms with Crippen molar-refractivity contribution in [3.63, 3.8) is 0 Å². The summed E-state index contributed by atoms with van der Waals surface area (Å²) in [6.45, 7) is 0. The van der Waals surface area contributed by atoms with Crippen LogP contribution in [0.4, 0.5) is 0 Å². The minimum Gasteiger partial charge on any atom is -0.0622 e. The van der Waals surface area contributed by atoms with E-state index in [2.05, 4.69) is 146 Å². The lowest BCUT2D eigenvalue weighted by atomic mass is 9.85. The number of hydrogen-bond donors (Lipinski definition) is 0. The van der Waals surface area contributed by atoms with Crippen molar-refractivity contribution in [1.82, 2.24) is 0 Å². The Balaban J connectivity index is 1.31. The molecule has 0 heteroatoms. The van der Waals surface area contributed by atoms with Crippen LogP contribution in [0.1, 0.15) is 11.1 Å². The molecule has 0 radical (unpaired) electrons. The summed E-state index contributed by atoms with van der Waals surface area (Å²) in [5, 5.41) is 5.16. The zero-order chi connectivity index (χ0) is 25.8. The molecule has 0 aliphatic heterocycles. The minimum absolute atomic E-state index is 1.000. The molecule has 0 amide bonds. The summed E-state index contributed by atoms with van der Waals surface area (Å²) in [7, 11) is 0. The fourth-order valence-corrected chi connectivity index (χ4v) is 6.60. The van der Waals surface area contributed by atoms with Gasteiger partial charge in [0.15, 0.2) is 0 Å². The highest BCUT2D eigenvalue weighted by atomic mass is 14.2. The molecule has 0 aromatic heterocycles. The summed E-state index contributed by atoms with van der Waals surface area (Å²) < 4.78 is 0. The van der Waals surface area contributed by atoms with Gasteiger partial charge < -0.3 is 0 Å². The van der Waals surface area contributed by atoms with Crippen molar-refractivity contribution in [1.29, 1.82) is 0 Å². The van der Waals surface area contributed by atoms with E-state index in [1.54, 1.807) is 0 Å². The van der Waals surface area contributed by atoms with E-state index in [9.17, 15) is 0 Å². The Bertz CT molecular complexity index is 1950. The Morgan fingerprint density at radius 1 is 0.308 bits per heavy atom. The fraction of sp³-hybridized carbons (Fsp3) is 0.0256. The van der Waals surface area contributed by atoms with Crippen molar-refractivity contribution in [2.75, 3.05) is 0 Å². The molecule has 8 rings (SSSR count). The molecule has 0 saturated carbocycles. The van der Waals surface area contributed by atoms with Crippen LogP contribution < -0.4 is 0 Å². The van der Waals surface area contributed by atoms with E-state index < -0.39 is 0 Å². The zero-order valence-corrected chi connectivity index (χ0v) is 21.6. The van der Waals surface area contributed by atoms with Gasteiger partial charge >= 0.3 is 0 Å². The SMILES string of the molecule is c1ccc(-c2c3ccccc3c(-c3ccc(-c4cccc5c4Cc4ccccc4-5)cc3)c3ccccc23)cc1. The normalized spacial score (nSPS) is 12.0. The van der Waals surface area contributed by atoms with Gasteiger partial charge in [-0.05, 0) is 83.6 Å². The first-order valence-electron chi connectivity index (χ1n) is 13.7. The maximum absolute atomic E-state index is 2.31. The van der Waals surface area contributed by atoms with Crippen LogP contribution in [-0.2, 0) is 6.42 Å². The molecule has 0 nitrogen and oxygen atoms in total. The lowest BCUT2D eigenvalue weighted by molar-refractivity contribution is 1.26. The van der Waals surface area contributed by atoms with Gasteiger partial charge in [-0.2, -0.15) is 0 Å². The standard InChI is InChI=1S/C39H26/c1-2-11-27(12-3-1)38-33-15-6-8-17-35(33)39(36-18-9-7-16-34(36)38)28-23-21-26(22-24-28)30-19-10-20-32-31-14-5-4-13-29(31)25-37(30)32/h1-24H,25H2. The predicted octanol–water partition coefficient (Wildman–Crippen LogP) is 10.6. The predicted molar refractivity (Wildman–Crippen MR) is 166 cm³/mol. The maximum atomic E-state index is 2.31. The molecule has 0 bridgehead atoms. The Labute approximate surface area is 228 Å². The molecule has 0 atom stereocenters.